The van der Waals surface area contributed by atoms with Crippen LogP contribution in [0.5, 0.6) is 0 Å². The molecule has 0 aromatic carbocycles. The average Bonchev–Trinajstić information content (AvgIpc) is 2.50. The monoisotopic (exact) mass is 291 g/mol. The van der Waals surface area contributed by atoms with Gasteiger partial charge in [-0.3, -0.25) is 9.59 Å². The van der Waals surface area contributed by atoms with E-state index in [0.717, 1.165) is 0 Å². The molecule has 7 nitrogen and oxygen atoms in total. The minimum Gasteiger partial charge on any atom is -0.464 e. The number of piperidine rings is 1. The number of hydrogen-bond acceptors (Lipinski definition) is 5. The quantitative estimate of drug-likeness (QED) is 0.805. The average molecular weight is 291 g/mol. The predicted octanol–water partition coefficient (Wildman–Crippen LogP) is 0.219. The molecule has 0 radical (unpaired) electrons. The lowest BCUT2D eigenvalue weighted by molar-refractivity contribution is -0.132. The third-order valence-corrected chi connectivity index (χ3v) is 3.34. The molecule has 112 valence electrons. The number of carbonyl (C=O) groups is 3. The van der Waals surface area contributed by atoms with Crippen LogP contribution < -0.4 is 5.32 Å². The van der Waals surface area contributed by atoms with Gasteiger partial charge < -0.3 is 15.0 Å². The van der Waals surface area contributed by atoms with Crippen LogP contribution in [0.3, 0.4) is 0 Å². The van der Waals surface area contributed by atoms with Crippen molar-refractivity contribution in [3.05, 3.63) is 29.6 Å². The van der Waals surface area contributed by atoms with Crippen molar-refractivity contribution < 1.29 is 19.1 Å². The second-order valence-electron chi connectivity index (χ2n) is 4.88. The lowest BCUT2D eigenvalue weighted by Crippen LogP contribution is -2.48. The number of pyridine rings is 1. The molecule has 2 amide bonds. The van der Waals surface area contributed by atoms with Crippen molar-refractivity contribution in [2.75, 3.05) is 20.7 Å². The molecule has 0 unspecified atom stereocenters. The van der Waals surface area contributed by atoms with Crippen molar-refractivity contribution in [3.63, 3.8) is 0 Å². The molecule has 0 bridgehead atoms. The molecule has 0 saturated carbocycles. The lowest BCUT2D eigenvalue weighted by Gasteiger charge is -2.30. The molecule has 1 aromatic rings. The molecule has 1 aliphatic heterocycles. The van der Waals surface area contributed by atoms with Crippen LogP contribution in [0.25, 0.3) is 0 Å². The number of amides is 2. The number of carbonyl (C=O) groups excluding carboxylic acids is 3. The van der Waals surface area contributed by atoms with E-state index >= 15 is 0 Å². The number of likely N-dealkylation sites (tertiary alicyclic amines) is 1. The van der Waals surface area contributed by atoms with Gasteiger partial charge in [0.15, 0.2) is 0 Å². The summed E-state index contributed by atoms with van der Waals surface area (Å²) in [6.45, 7) is 0.473. The molecule has 0 aliphatic carbocycles. The summed E-state index contributed by atoms with van der Waals surface area (Å²) in [6.07, 6.45) is 1.02. The number of likely N-dealkylation sites (N-methyl/N-ethyl adjacent to an activating group) is 1. The summed E-state index contributed by atoms with van der Waals surface area (Å²) in [5.74, 6) is -0.882. The fraction of sp³-hybridized carbons (Fsp3) is 0.429. The topological polar surface area (TPSA) is 88.6 Å². The van der Waals surface area contributed by atoms with Gasteiger partial charge in [-0.25, -0.2) is 9.78 Å². The van der Waals surface area contributed by atoms with Crippen LogP contribution in [0.15, 0.2) is 18.2 Å². The van der Waals surface area contributed by atoms with Crippen molar-refractivity contribution in [2.24, 2.45) is 0 Å². The summed E-state index contributed by atoms with van der Waals surface area (Å²) in [5.41, 5.74) is 0.235. The Morgan fingerprint density at radius 1 is 1.38 bits per heavy atom. The Morgan fingerprint density at radius 2 is 2.10 bits per heavy atom. The summed E-state index contributed by atoms with van der Waals surface area (Å²) in [7, 11) is 2.96. The predicted molar refractivity (Wildman–Crippen MR) is 73.7 cm³/mol. The summed E-state index contributed by atoms with van der Waals surface area (Å²) < 4.78 is 4.57. The first-order valence-electron chi connectivity index (χ1n) is 6.61. The molecule has 21 heavy (non-hydrogen) atoms. The number of esters is 1. The first-order chi connectivity index (χ1) is 10.0. The van der Waals surface area contributed by atoms with Crippen LogP contribution in [0.2, 0.25) is 0 Å². The standard InChI is InChI=1S/C14H17N3O4/c1-17-8-9(6-7-12(17)18)15-13(19)10-4-3-5-11(16-10)14(20)21-2/h3-5,9H,6-8H2,1-2H3,(H,15,19)/t9-/m1/s1. The van der Waals surface area contributed by atoms with E-state index in [9.17, 15) is 14.4 Å². The molecule has 0 spiro atoms. The zero-order valence-electron chi connectivity index (χ0n) is 12.0. The van der Waals surface area contributed by atoms with Gasteiger partial charge in [-0.2, -0.15) is 0 Å². The normalized spacial score (nSPS) is 18.3. The van der Waals surface area contributed by atoms with Crippen LogP contribution in [-0.2, 0) is 9.53 Å². The molecule has 1 N–H and O–H groups in total. The minimum atomic E-state index is -0.590. The van der Waals surface area contributed by atoms with Gasteiger partial charge in [-0.15, -0.1) is 0 Å². The Labute approximate surface area is 122 Å². The third-order valence-electron chi connectivity index (χ3n) is 3.34. The Balaban J connectivity index is 2.03. The first-order valence-corrected chi connectivity index (χ1v) is 6.61. The number of methoxy groups -OCH3 is 1. The maximum Gasteiger partial charge on any atom is 0.356 e. The molecular weight excluding hydrogens is 274 g/mol. The molecule has 2 rings (SSSR count). The van der Waals surface area contributed by atoms with Crippen LogP contribution in [0.4, 0.5) is 0 Å². The minimum absolute atomic E-state index is 0.0753. The summed E-state index contributed by atoms with van der Waals surface area (Å²) in [6, 6.07) is 4.48. The van der Waals surface area contributed by atoms with Crippen LogP contribution >= 0.6 is 0 Å². The van der Waals surface area contributed by atoms with Crippen molar-refractivity contribution in [2.45, 2.75) is 18.9 Å². The molecule has 2 heterocycles. The van der Waals surface area contributed by atoms with Crippen molar-refractivity contribution in [1.82, 2.24) is 15.2 Å². The fourth-order valence-corrected chi connectivity index (χ4v) is 2.17. The zero-order chi connectivity index (χ0) is 15.4. The highest BCUT2D eigenvalue weighted by molar-refractivity contribution is 5.94. The Bertz CT molecular complexity index is 573. The van der Waals surface area contributed by atoms with Crippen molar-refractivity contribution >= 4 is 17.8 Å². The number of hydrogen-bond donors (Lipinski definition) is 1. The molecule has 1 saturated heterocycles. The van der Waals surface area contributed by atoms with E-state index in [4.69, 9.17) is 0 Å². The van der Waals surface area contributed by atoms with Gasteiger partial charge in [0.25, 0.3) is 5.91 Å². The van der Waals surface area contributed by atoms with Gasteiger partial charge >= 0.3 is 5.97 Å². The van der Waals surface area contributed by atoms with Gasteiger partial charge in [-0.1, -0.05) is 6.07 Å². The van der Waals surface area contributed by atoms with Gasteiger partial charge in [0.2, 0.25) is 5.91 Å². The largest absolute Gasteiger partial charge is 0.464 e. The second-order valence-corrected chi connectivity index (χ2v) is 4.88. The maximum absolute atomic E-state index is 12.1. The zero-order valence-corrected chi connectivity index (χ0v) is 12.0. The second kappa shape index (κ2) is 6.34. The van der Waals surface area contributed by atoms with Gasteiger partial charge in [0.1, 0.15) is 11.4 Å². The van der Waals surface area contributed by atoms with E-state index in [2.05, 4.69) is 15.0 Å². The first kappa shape index (κ1) is 15.0. The van der Waals surface area contributed by atoms with Crippen LogP contribution in [-0.4, -0.2) is 54.4 Å². The van der Waals surface area contributed by atoms with E-state index in [1.54, 1.807) is 18.0 Å². The van der Waals surface area contributed by atoms with Gasteiger partial charge in [-0.05, 0) is 18.6 Å². The molecule has 1 atom stereocenters. The number of aromatic nitrogens is 1. The number of nitrogens with one attached hydrogen (secondary N) is 1. The van der Waals surface area contributed by atoms with Crippen LogP contribution in [0.1, 0.15) is 33.8 Å². The van der Waals surface area contributed by atoms with E-state index in [-0.39, 0.29) is 29.2 Å². The van der Waals surface area contributed by atoms with E-state index < -0.39 is 5.97 Å². The van der Waals surface area contributed by atoms with E-state index in [1.165, 1.54) is 19.2 Å². The Hall–Kier alpha value is -2.44. The van der Waals surface area contributed by atoms with E-state index in [1.807, 2.05) is 0 Å². The molecule has 1 fully saturated rings. The summed E-state index contributed by atoms with van der Waals surface area (Å²) >= 11 is 0. The molecule has 7 heteroatoms. The van der Waals surface area contributed by atoms with Crippen molar-refractivity contribution in [3.8, 4) is 0 Å². The number of nitrogens with zero attached hydrogens (tertiary/aromatic N) is 2. The highest BCUT2D eigenvalue weighted by Crippen LogP contribution is 2.10. The van der Waals surface area contributed by atoms with Gasteiger partial charge in [0.05, 0.1) is 7.11 Å². The lowest BCUT2D eigenvalue weighted by atomic mass is 10.1. The summed E-state index contributed by atoms with van der Waals surface area (Å²) in [5, 5.41) is 2.82. The molecule has 1 aromatic heterocycles. The van der Waals surface area contributed by atoms with Crippen molar-refractivity contribution in [1.29, 1.82) is 0 Å². The fourth-order valence-electron chi connectivity index (χ4n) is 2.17. The highest BCUT2D eigenvalue weighted by Gasteiger charge is 2.24. The SMILES string of the molecule is COC(=O)c1cccc(C(=O)N[C@@H]2CCC(=O)N(C)C2)n1. The van der Waals surface area contributed by atoms with Crippen LogP contribution in [0, 0.1) is 0 Å². The summed E-state index contributed by atoms with van der Waals surface area (Å²) in [4.78, 5) is 40.5. The maximum atomic E-state index is 12.1. The number of rotatable bonds is 3. The smallest absolute Gasteiger partial charge is 0.356 e. The highest BCUT2D eigenvalue weighted by atomic mass is 16.5. The molecular formula is C14H17N3O4. The van der Waals surface area contributed by atoms with Gasteiger partial charge in [0, 0.05) is 26.1 Å². The van der Waals surface area contributed by atoms with E-state index in [0.29, 0.717) is 19.4 Å². The Morgan fingerprint density at radius 3 is 2.76 bits per heavy atom. The third kappa shape index (κ3) is 3.56. The number of ether oxygens (including phenoxy) is 1. The Kier molecular flexibility index (Phi) is 4.52. The molecule has 1 aliphatic rings.